The third kappa shape index (κ3) is 13.7. The van der Waals surface area contributed by atoms with E-state index in [1.54, 1.807) is 18.7 Å². The monoisotopic (exact) mass is 405 g/mol. The van der Waals surface area contributed by atoms with E-state index in [2.05, 4.69) is 5.32 Å². The van der Waals surface area contributed by atoms with Crippen LogP contribution >= 0.6 is 11.8 Å². The van der Waals surface area contributed by atoms with Gasteiger partial charge in [-0.25, -0.2) is 0 Å². The molecule has 0 radical (unpaired) electrons. The molecule has 27 heavy (non-hydrogen) atoms. The second kappa shape index (κ2) is 14.9. The third-order valence-corrected chi connectivity index (χ3v) is 5.15. The summed E-state index contributed by atoms with van der Waals surface area (Å²) in [6.07, 6.45) is 0.568. The maximum Gasteiger partial charge on any atom is 0.308 e. The number of carboxylic acids is 1. The van der Waals surface area contributed by atoms with Crippen LogP contribution in [0, 0.1) is 11.8 Å². The lowest BCUT2D eigenvalue weighted by molar-refractivity contribution is -0.142. The number of Topliss-reactive ketones (excluding diaryl/α,β-unsaturated/α-hetero) is 1. The molecule has 0 aliphatic heterocycles. The van der Waals surface area contributed by atoms with E-state index in [9.17, 15) is 19.5 Å². The number of rotatable bonds is 16. The van der Waals surface area contributed by atoms with Gasteiger partial charge in [0, 0.05) is 24.5 Å². The summed E-state index contributed by atoms with van der Waals surface area (Å²) in [5.41, 5.74) is 0. The summed E-state index contributed by atoms with van der Waals surface area (Å²) < 4.78 is 10.7. The Hall–Kier alpha value is -1.12. The summed E-state index contributed by atoms with van der Waals surface area (Å²) in [5, 5.41) is 12.4. The fourth-order valence-corrected chi connectivity index (χ4v) is 2.97. The van der Waals surface area contributed by atoms with E-state index >= 15 is 0 Å². The van der Waals surface area contributed by atoms with Crippen molar-refractivity contribution in [2.75, 3.05) is 32.2 Å². The van der Waals surface area contributed by atoms with E-state index in [4.69, 9.17) is 9.47 Å². The summed E-state index contributed by atoms with van der Waals surface area (Å²) in [4.78, 5) is 34.7. The van der Waals surface area contributed by atoms with Crippen molar-refractivity contribution in [1.29, 1.82) is 0 Å². The lowest BCUT2D eigenvalue weighted by Gasteiger charge is -2.23. The minimum Gasteiger partial charge on any atom is -0.481 e. The van der Waals surface area contributed by atoms with Gasteiger partial charge in [-0.05, 0) is 12.2 Å². The van der Waals surface area contributed by atoms with Gasteiger partial charge in [0.05, 0.1) is 38.4 Å². The van der Waals surface area contributed by atoms with Crippen LogP contribution in [0.2, 0.25) is 0 Å². The lowest BCUT2D eigenvalue weighted by Crippen LogP contribution is -2.44. The van der Waals surface area contributed by atoms with E-state index < -0.39 is 17.9 Å². The van der Waals surface area contributed by atoms with Gasteiger partial charge in [0.2, 0.25) is 5.91 Å². The van der Waals surface area contributed by atoms with Crippen molar-refractivity contribution >= 4 is 29.4 Å². The number of carbonyl (C=O) groups excluding carboxylic acids is 2. The number of amides is 1. The SMILES string of the molecule is CC(C)SCC(NC(=O)CCOCCOCCC(=O)C(C)C)C(C)C(=O)O. The standard InChI is InChI=1S/C19H35NO6S/c1-13(2)17(21)6-8-25-10-11-26-9-7-18(22)20-16(12-27-14(3)4)15(5)19(23)24/h13-16H,6-12H2,1-5H3,(H,20,22)(H,23,24). The Bertz CT molecular complexity index is 455. The van der Waals surface area contributed by atoms with Gasteiger partial charge in [0.15, 0.2) is 0 Å². The second-order valence-corrected chi connectivity index (χ2v) is 8.64. The number of hydrogen-bond acceptors (Lipinski definition) is 6. The van der Waals surface area contributed by atoms with Gasteiger partial charge in [0.1, 0.15) is 5.78 Å². The maximum atomic E-state index is 12.0. The molecule has 0 aromatic carbocycles. The molecule has 7 nitrogen and oxygen atoms in total. The zero-order valence-corrected chi connectivity index (χ0v) is 18.0. The molecule has 0 spiro atoms. The van der Waals surface area contributed by atoms with Crippen LogP contribution in [0.15, 0.2) is 0 Å². The molecule has 2 N–H and O–H groups in total. The molecule has 0 bridgehead atoms. The Morgan fingerprint density at radius 3 is 1.96 bits per heavy atom. The number of aliphatic carboxylic acids is 1. The molecule has 0 aliphatic rings. The van der Waals surface area contributed by atoms with Crippen molar-refractivity contribution in [2.45, 2.75) is 58.8 Å². The van der Waals surface area contributed by atoms with E-state index in [-0.39, 0.29) is 30.6 Å². The number of ether oxygens (including phenoxy) is 2. The van der Waals surface area contributed by atoms with Gasteiger partial charge in [-0.2, -0.15) is 11.8 Å². The zero-order valence-electron chi connectivity index (χ0n) is 17.2. The summed E-state index contributed by atoms with van der Waals surface area (Å²) in [6.45, 7) is 10.7. The highest BCUT2D eigenvalue weighted by atomic mass is 32.2. The average Bonchev–Trinajstić information content (AvgIpc) is 2.59. The van der Waals surface area contributed by atoms with Gasteiger partial charge < -0.3 is 19.9 Å². The molecule has 0 fully saturated rings. The second-order valence-electron chi connectivity index (χ2n) is 7.03. The van der Waals surface area contributed by atoms with Crippen LogP contribution in [-0.2, 0) is 23.9 Å². The molecule has 1 amide bonds. The Balaban J connectivity index is 3.94. The summed E-state index contributed by atoms with van der Waals surface area (Å²) in [6, 6.07) is -0.413. The van der Waals surface area contributed by atoms with Gasteiger partial charge in [0.25, 0.3) is 0 Å². The predicted molar refractivity (Wildman–Crippen MR) is 107 cm³/mol. The van der Waals surface area contributed by atoms with Crippen LogP contribution in [-0.4, -0.2) is 66.2 Å². The van der Waals surface area contributed by atoms with Crippen LogP contribution in [0.5, 0.6) is 0 Å². The first-order chi connectivity index (χ1) is 12.6. The lowest BCUT2D eigenvalue weighted by atomic mass is 10.0. The highest BCUT2D eigenvalue weighted by Gasteiger charge is 2.25. The van der Waals surface area contributed by atoms with Crippen LogP contribution < -0.4 is 5.32 Å². The van der Waals surface area contributed by atoms with E-state index in [1.165, 1.54) is 0 Å². The number of hydrogen-bond donors (Lipinski definition) is 2. The van der Waals surface area contributed by atoms with Crippen LogP contribution in [0.25, 0.3) is 0 Å². The van der Waals surface area contributed by atoms with E-state index in [1.807, 2.05) is 27.7 Å². The molecule has 2 atom stereocenters. The van der Waals surface area contributed by atoms with Gasteiger partial charge >= 0.3 is 5.97 Å². The van der Waals surface area contributed by atoms with Crippen LogP contribution in [0.3, 0.4) is 0 Å². The highest BCUT2D eigenvalue weighted by Crippen LogP contribution is 2.15. The number of thioether (sulfide) groups is 1. The van der Waals surface area contributed by atoms with Crippen molar-refractivity contribution < 1.29 is 29.0 Å². The molecule has 0 aromatic heterocycles. The number of ketones is 1. The van der Waals surface area contributed by atoms with Gasteiger partial charge in [-0.3, -0.25) is 14.4 Å². The Kier molecular flexibility index (Phi) is 14.3. The number of nitrogens with one attached hydrogen (secondary N) is 1. The van der Waals surface area contributed by atoms with Crippen LogP contribution in [0.1, 0.15) is 47.5 Å². The minimum atomic E-state index is -0.922. The number of carboxylic acid groups (broad SMARTS) is 1. The molecule has 0 rings (SSSR count). The topological polar surface area (TPSA) is 102 Å². The molecule has 2 unspecified atom stereocenters. The molecule has 8 heteroatoms. The molecule has 158 valence electrons. The van der Waals surface area contributed by atoms with E-state index in [0.29, 0.717) is 37.2 Å². The molecular weight excluding hydrogens is 370 g/mol. The first kappa shape index (κ1) is 25.9. The first-order valence-electron chi connectivity index (χ1n) is 9.47. The van der Waals surface area contributed by atoms with Crippen molar-refractivity contribution in [2.24, 2.45) is 11.8 Å². The number of carbonyl (C=O) groups is 3. The maximum absolute atomic E-state index is 12.0. The minimum absolute atomic E-state index is 0.0231. The predicted octanol–water partition coefficient (Wildman–Crippen LogP) is 2.37. The fraction of sp³-hybridized carbons (Fsp3) is 0.842. The molecule has 0 aromatic rings. The fourth-order valence-electron chi connectivity index (χ4n) is 2.01. The van der Waals surface area contributed by atoms with Crippen molar-refractivity contribution in [1.82, 2.24) is 5.32 Å². The average molecular weight is 406 g/mol. The molecular formula is C19H35NO6S. The van der Waals surface area contributed by atoms with Gasteiger partial charge in [-0.1, -0.05) is 27.7 Å². The van der Waals surface area contributed by atoms with Gasteiger partial charge in [-0.15, -0.1) is 0 Å². The Morgan fingerprint density at radius 2 is 1.48 bits per heavy atom. The van der Waals surface area contributed by atoms with Crippen molar-refractivity contribution in [3.63, 3.8) is 0 Å². The Labute approximate surface area is 166 Å². The quantitative estimate of drug-likeness (QED) is 0.380. The molecule has 0 aliphatic carbocycles. The smallest absolute Gasteiger partial charge is 0.308 e. The van der Waals surface area contributed by atoms with E-state index in [0.717, 1.165) is 0 Å². The highest BCUT2D eigenvalue weighted by molar-refractivity contribution is 7.99. The van der Waals surface area contributed by atoms with Crippen LogP contribution in [0.4, 0.5) is 0 Å². The zero-order chi connectivity index (χ0) is 20.8. The largest absolute Gasteiger partial charge is 0.481 e. The normalized spacial score (nSPS) is 13.6. The summed E-state index contributed by atoms with van der Waals surface area (Å²) in [7, 11) is 0. The van der Waals surface area contributed by atoms with Crippen molar-refractivity contribution in [3.05, 3.63) is 0 Å². The molecule has 0 saturated carbocycles. The summed E-state index contributed by atoms with van der Waals surface area (Å²) >= 11 is 1.62. The summed E-state index contributed by atoms with van der Waals surface area (Å²) in [5.74, 6) is -1.04. The Morgan fingerprint density at radius 1 is 0.926 bits per heavy atom. The van der Waals surface area contributed by atoms with Crippen molar-refractivity contribution in [3.8, 4) is 0 Å². The third-order valence-electron chi connectivity index (χ3n) is 3.93. The molecule has 0 saturated heterocycles. The first-order valence-corrected chi connectivity index (χ1v) is 10.5. The molecule has 0 heterocycles.